The fourth-order valence-corrected chi connectivity index (χ4v) is 11.1. The first-order chi connectivity index (χ1) is 40.5. The third-order valence-corrected chi connectivity index (χ3v) is 16.6. The molecule has 1 unspecified atom stereocenters. The van der Waals surface area contributed by atoms with Crippen LogP contribution in [0, 0.1) is 0 Å². The highest BCUT2D eigenvalue weighted by Crippen LogP contribution is 2.19. The van der Waals surface area contributed by atoms with E-state index in [0.717, 1.165) is 83.5 Å². The molecule has 0 rings (SSSR count). The first kappa shape index (κ1) is 79.4. The van der Waals surface area contributed by atoms with Crippen LogP contribution in [0.1, 0.15) is 400 Å². The molecule has 82 heavy (non-hydrogen) atoms. The predicted molar refractivity (Wildman–Crippen MR) is 358 cm³/mol. The van der Waals surface area contributed by atoms with Crippen molar-refractivity contribution in [1.29, 1.82) is 0 Å². The molecule has 0 aliphatic rings. The molecule has 0 amide bonds. The first-order valence-corrected chi connectivity index (χ1v) is 36.6. The second kappa shape index (κ2) is 70.9. The topological polar surface area (TPSA) is 78.9 Å². The van der Waals surface area contributed by atoms with E-state index in [2.05, 4.69) is 69.4 Å². The minimum atomic E-state index is -0.769. The molecule has 0 aromatic carbocycles. The van der Waals surface area contributed by atoms with Crippen molar-refractivity contribution in [3.05, 3.63) is 48.6 Å². The molecule has 0 bridgehead atoms. The van der Waals surface area contributed by atoms with Crippen LogP contribution in [-0.4, -0.2) is 37.2 Å². The van der Waals surface area contributed by atoms with E-state index in [9.17, 15) is 14.4 Å². The predicted octanol–water partition coefficient (Wildman–Crippen LogP) is 25.3. The zero-order valence-corrected chi connectivity index (χ0v) is 55.3. The van der Waals surface area contributed by atoms with Gasteiger partial charge < -0.3 is 14.2 Å². The molecule has 0 radical (unpaired) electrons. The van der Waals surface area contributed by atoms with Gasteiger partial charge in [-0.1, -0.05) is 371 Å². The van der Waals surface area contributed by atoms with Gasteiger partial charge in [0, 0.05) is 19.3 Å². The maximum absolute atomic E-state index is 13.0. The molecule has 0 N–H and O–H groups in total. The zero-order chi connectivity index (χ0) is 59.2. The largest absolute Gasteiger partial charge is 0.462 e. The Labute approximate surface area is 511 Å². The van der Waals surface area contributed by atoms with E-state index in [0.29, 0.717) is 19.3 Å². The fraction of sp³-hybridized carbons (Fsp3) is 0.855. The number of carbonyl (C=O) groups is 3. The van der Waals surface area contributed by atoms with Gasteiger partial charge in [0.2, 0.25) is 0 Å². The number of hydrogen-bond donors (Lipinski definition) is 0. The maximum Gasteiger partial charge on any atom is 0.306 e. The molecule has 6 heteroatoms. The van der Waals surface area contributed by atoms with Gasteiger partial charge in [0.25, 0.3) is 0 Å². The molecule has 6 nitrogen and oxygen atoms in total. The van der Waals surface area contributed by atoms with Crippen molar-refractivity contribution in [1.82, 2.24) is 0 Å². The van der Waals surface area contributed by atoms with Crippen LogP contribution >= 0.6 is 0 Å². The number of rotatable bonds is 68. The highest BCUT2D eigenvalue weighted by molar-refractivity contribution is 5.71. The van der Waals surface area contributed by atoms with Gasteiger partial charge in [-0.25, -0.2) is 0 Å². The van der Waals surface area contributed by atoms with Crippen LogP contribution in [0.4, 0.5) is 0 Å². The van der Waals surface area contributed by atoms with Crippen molar-refractivity contribution in [3.8, 4) is 0 Å². The van der Waals surface area contributed by atoms with Crippen LogP contribution in [0.25, 0.3) is 0 Å². The molecule has 0 fully saturated rings. The molecule has 0 aromatic rings. The molecule has 480 valence electrons. The number of esters is 3. The summed E-state index contributed by atoms with van der Waals surface area (Å²) in [6.45, 7) is 6.61. The summed E-state index contributed by atoms with van der Waals surface area (Å²) in [5.74, 6) is -0.831. The highest BCUT2D eigenvalue weighted by Gasteiger charge is 2.19. The summed E-state index contributed by atoms with van der Waals surface area (Å²) in [5.41, 5.74) is 0. The third kappa shape index (κ3) is 68.2. The quantitative estimate of drug-likeness (QED) is 0.0261. The van der Waals surface area contributed by atoms with Gasteiger partial charge >= 0.3 is 17.9 Å². The SMILES string of the molecule is CC/C=C\C/C=C\C/C=C\C/C=C\CCCCCCCCCCCCCCCCCCC(=O)OCC(COC(=O)CCCCCCCCCCCCCCCCC)OC(=O)CCCCCCCCCCCCCCCCCCCCCC. The van der Waals surface area contributed by atoms with Crippen LogP contribution in [0.5, 0.6) is 0 Å². The van der Waals surface area contributed by atoms with Gasteiger partial charge in [-0.15, -0.1) is 0 Å². The molecule has 1 atom stereocenters. The van der Waals surface area contributed by atoms with Gasteiger partial charge in [0.15, 0.2) is 6.10 Å². The van der Waals surface area contributed by atoms with E-state index < -0.39 is 6.10 Å². The number of hydrogen-bond acceptors (Lipinski definition) is 6. The lowest BCUT2D eigenvalue weighted by molar-refractivity contribution is -0.167. The van der Waals surface area contributed by atoms with E-state index in [4.69, 9.17) is 14.2 Å². The molecule has 0 aliphatic carbocycles. The van der Waals surface area contributed by atoms with Crippen LogP contribution in [0.15, 0.2) is 48.6 Å². The van der Waals surface area contributed by atoms with Gasteiger partial charge in [-0.2, -0.15) is 0 Å². The maximum atomic E-state index is 13.0. The molecule has 0 saturated heterocycles. The average Bonchev–Trinajstić information content (AvgIpc) is 3.47. The third-order valence-electron chi connectivity index (χ3n) is 16.6. The summed E-state index contributed by atoms with van der Waals surface area (Å²) in [7, 11) is 0. The summed E-state index contributed by atoms with van der Waals surface area (Å²) in [6.07, 6.45) is 90.0. The van der Waals surface area contributed by atoms with Crippen LogP contribution < -0.4 is 0 Å². The summed E-state index contributed by atoms with van der Waals surface area (Å²) < 4.78 is 17.0. The monoisotopic (exact) mass is 1150 g/mol. The average molecular weight is 1150 g/mol. The van der Waals surface area contributed by atoms with Crippen molar-refractivity contribution in [2.75, 3.05) is 13.2 Å². The van der Waals surface area contributed by atoms with E-state index in [1.807, 2.05) is 0 Å². The minimum absolute atomic E-state index is 0.0650. The summed E-state index contributed by atoms with van der Waals surface area (Å²) >= 11 is 0. The summed E-state index contributed by atoms with van der Waals surface area (Å²) in [5, 5.41) is 0. The number of ether oxygens (including phenoxy) is 3. The molecule has 0 spiro atoms. The van der Waals surface area contributed by atoms with Crippen molar-refractivity contribution < 1.29 is 28.6 Å². The summed E-state index contributed by atoms with van der Waals surface area (Å²) in [6, 6.07) is 0. The lowest BCUT2D eigenvalue weighted by Gasteiger charge is -2.18. The zero-order valence-electron chi connectivity index (χ0n) is 55.3. The first-order valence-electron chi connectivity index (χ1n) is 36.6. The minimum Gasteiger partial charge on any atom is -0.462 e. The second-order valence-corrected chi connectivity index (χ2v) is 24.8. The van der Waals surface area contributed by atoms with E-state index in [1.54, 1.807) is 0 Å². The Hall–Kier alpha value is -2.63. The van der Waals surface area contributed by atoms with E-state index >= 15 is 0 Å². The smallest absolute Gasteiger partial charge is 0.306 e. The Balaban J connectivity index is 4.22. The number of carbonyl (C=O) groups excluding carboxylic acids is 3. The molecule has 0 aromatic heterocycles. The van der Waals surface area contributed by atoms with E-state index in [1.165, 1.54) is 276 Å². The molecule has 0 saturated carbocycles. The Kier molecular flexibility index (Phi) is 68.6. The van der Waals surface area contributed by atoms with Crippen molar-refractivity contribution >= 4 is 17.9 Å². The second-order valence-electron chi connectivity index (χ2n) is 24.8. The lowest BCUT2D eigenvalue weighted by atomic mass is 10.0. The summed E-state index contributed by atoms with van der Waals surface area (Å²) in [4.78, 5) is 38.5. The van der Waals surface area contributed by atoms with Crippen molar-refractivity contribution in [3.63, 3.8) is 0 Å². The van der Waals surface area contributed by atoms with Gasteiger partial charge in [0.1, 0.15) is 13.2 Å². The Bertz CT molecular complexity index is 1410. The Morgan fingerprint density at radius 1 is 0.256 bits per heavy atom. The van der Waals surface area contributed by atoms with E-state index in [-0.39, 0.29) is 31.1 Å². The van der Waals surface area contributed by atoms with Gasteiger partial charge in [-0.3, -0.25) is 14.4 Å². The lowest BCUT2D eigenvalue weighted by Crippen LogP contribution is -2.30. The highest BCUT2D eigenvalue weighted by atomic mass is 16.6. The Morgan fingerprint density at radius 3 is 0.744 bits per heavy atom. The Morgan fingerprint density at radius 2 is 0.476 bits per heavy atom. The van der Waals surface area contributed by atoms with Crippen molar-refractivity contribution in [2.24, 2.45) is 0 Å². The molecule has 0 heterocycles. The number of unbranched alkanes of at least 4 members (excludes halogenated alkanes) is 49. The molecular formula is C76H140O6. The van der Waals surface area contributed by atoms with Crippen LogP contribution in [0.2, 0.25) is 0 Å². The standard InChI is InChI=1S/C76H140O6/c1-4-7-10-13-16-19-22-25-28-30-32-34-35-36-37-38-39-40-41-42-44-45-48-51-54-57-60-63-66-69-75(78)81-72-73(71-80-74(77)68-65-62-59-56-53-50-47-27-24-21-18-15-12-9-6-3)82-76(79)70-67-64-61-58-55-52-49-46-43-33-31-29-26-23-20-17-14-11-8-5-2/h7,10,16,19,25,28,32,34,73H,4-6,8-9,11-15,17-18,20-24,26-27,29-31,33,35-72H2,1-3H3/b10-7-,19-16-,28-25-,34-32-. The molecule has 0 aliphatic heterocycles. The number of allylic oxidation sites excluding steroid dienone is 8. The molecular weight excluding hydrogens is 1010 g/mol. The van der Waals surface area contributed by atoms with Gasteiger partial charge in [0.05, 0.1) is 0 Å². The van der Waals surface area contributed by atoms with Crippen molar-refractivity contribution in [2.45, 2.75) is 406 Å². The van der Waals surface area contributed by atoms with Gasteiger partial charge in [-0.05, 0) is 57.8 Å². The van der Waals surface area contributed by atoms with Crippen LogP contribution in [0.3, 0.4) is 0 Å². The van der Waals surface area contributed by atoms with Crippen LogP contribution in [-0.2, 0) is 28.6 Å². The fourth-order valence-electron chi connectivity index (χ4n) is 11.1. The normalized spacial score (nSPS) is 12.3.